The van der Waals surface area contributed by atoms with Crippen molar-refractivity contribution in [3.63, 3.8) is 0 Å². The molecule has 84 valence electrons. The number of nitrogens with zero attached hydrogens (tertiary/aromatic N) is 3. The van der Waals surface area contributed by atoms with Gasteiger partial charge in [-0.3, -0.25) is 0 Å². The van der Waals surface area contributed by atoms with Crippen molar-refractivity contribution < 1.29 is 0 Å². The van der Waals surface area contributed by atoms with Crippen LogP contribution in [0.25, 0.3) is 0 Å². The first-order valence-corrected chi connectivity index (χ1v) is 5.20. The second kappa shape index (κ2) is 5.38. The Morgan fingerprint density at radius 2 is 2.20 bits per heavy atom. The highest BCUT2D eigenvalue weighted by molar-refractivity contribution is 5.74. The molecule has 0 radical (unpaired) electrons. The first-order valence-electron chi connectivity index (χ1n) is 5.20. The Morgan fingerprint density at radius 1 is 1.47 bits per heavy atom. The van der Waals surface area contributed by atoms with Gasteiger partial charge in [-0.05, 0) is 6.42 Å². The molecule has 0 aliphatic carbocycles. The SMILES string of the molecule is CCCCN(C)c1ncnc(NC)c1N. The summed E-state index contributed by atoms with van der Waals surface area (Å²) in [7, 11) is 3.79. The van der Waals surface area contributed by atoms with Gasteiger partial charge in [0.15, 0.2) is 11.6 Å². The van der Waals surface area contributed by atoms with E-state index < -0.39 is 0 Å². The zero-order valence-corrected chi connectivity index (χ0v) is 9.62. The molecule has 0 amide bonds. The molecule has 3 N–H and O–H groups in total. The molecule has 5 nitrogen and oxygen atoms in total. The van der Waals surface area contributed by atoms with E-state index in [0.717, 1.165) is 25.2 Å². The largest absolute Gasteiger partial charge is 0.393 e. The maximum atomic E-state index is 5.94. The molecule has 1 aromatic heterocycles. The van der Waals surface area contributed by atoms with Crippen LogP contribution in [-0.2, 0) is 0 Å². The third-order valence-electron chi connectivity index (χ3n) is 2.31. The molecule has 0 aromatic carbocycles. The van der Waals surface area contributed by atoms with Crippen molar-refractivity contribution in [1.29, 1.82) is 0 Å². The Morgan fingerprint density at radius 3 is 2.80 bits per heavy atom. The van der Waals surface area contributed by atoms with E-state index in [1.807, 2.05) is 7.05 Å². The zero-order chi connectivity index (χ0) is 11.3. The molecule has 0 aliphatic heterocycles. The Bertz CT molecular complexity index is 313. The summed E-state index contributed by atoms with van der Waals surface area (Å²) in [5.41, 5.74) is 6.55. The second-order valence-electron chi connectivity index (χ2n) is 3.48. The third kappa shape index (κ3) is 2.71. The number of nitrogens with one attached hydrogen (secondary N) is 1. The molecule has 1 heterocycles. The fraction of sp³-hybridized carbons (Fsp3) is 0.600. The van der Waals surface area contributed by atoms with Crippen molar-refractivity contribution in [3.05, 3.63) is 6.33 Å². The van der Waals surface area contributed by atoms with E-state index in [1.54, 1.807) is 7.05 Å². The minimum Gasteiger partial charge on any atom is -0.393 e. The van der Waals surface area contributed by atoms with Crippen LogP contribution in [0, 0.1) is 0 Å². The Balaban J connectivity index is 2.83. The fourth-order valence-electron chi connectivity index (χ4n) is 1.39. The van der Waals surface area contributed by atoms with Gasteiger partial charge in [-0.1, -0.05) is 13.3 Å². The number of anilines is 3. The van der Waals surface area contributed by atoms with Crippen LogP contribution in [0.4, 0.5) is 17.3 Å². The van der Waals surface area contributed by atoms with Crippen molar-refractivity contribution in [2.75, 3.05) is 36.6 Å². The van der Waals surface area contributed by atoms with Gasteiger partial charge in [0.2, 0.25) is 0 Å². The number of rotatable bonds is 5. The summed E-state index contributed by atoms with van der Waals surface area (Å²) < 4.78 is 0. The summed E-state index contributed by atoms with van der Waals surface area (Å²) in [6.07, 6.45) is 3.82. The van der Waals surface area contributed by atoms with E-state index in [2.05, 4.69) is 27.1 Å². The van der Waals surface area contributed by atoms with Gasteiger partial charge >= 0.3 is 0 Å². The molecular weight excluding hydrogens is 190 g/mol. The Labute approximate surface area is 90.7 Å². The lowest BCUT2D eigenvalue weighted by Gasteiger charge is -2.20. The van der Waals surface area contributed by atoms with E-state index in [0.29, 0.717) is 11.5 Å². The highest BCUT2D eigenvalue weighted by Crippen LogP contribution is 2.24. The summed E-state index contributed by atoms with van der Waals surface area (Å²) >= 11 is 0. The van der Waals surface area contributed by atoms with E-state index in [1.165, 1.54) is 6.33 Å². The molecular formula is C10H19N5. The topological polar surface area (TPSA) is 67.1 Å². The van der Waals surface area contributed by atoms with Crippen LogP contribution >= 0.6 is 0 Å². The third-order valence-corrected chi connectivity index (χ3v) is 2.31. The smallest absolute Gasteiger partial charge is 0.157 e. The molecule has 0 bridgehead atoms. The van der Waals surface area contributed by atoms with Crippen LogP contribution in [0.3, 0.4) is 0 Å². The number of aromatic nitrogens is 2. The number of unbranched alkanes of at least 4 members (excludes halogenated alkanes) is 1. The van der Waals surface area contributed by atoms with E-state index >= 15 is 0 Å². The first-order chi connectivity index (χ1) is 7.20. The lowest BCUT2D eigenvalue weighted by atomic mass is 10.3. The molecule has 1 aromatic rings. The van der Waals surface area contributed by atoms with Gasteiger partial charge in [-0.25, -0.2) is 9.97 Å². The second-order valence-corrected chi connectivity index (χ2v) is 3.48. The predicted molar refractivity (Wildman–Crippen MR) is 64.2 cm³/mol. The van der Waals surface area contributed by atoms with E-state index in [9.17, 15) is 0 Å². The molecule has 0 unspecified atom stereocenters. The molecule has 5 heteroatoms. The number of nitrogen functional groups attached to an aromatic ring is 1. The molecule has 0 aliphatic rings. The molecule has 15 heavy (non-hydrogen) atoms. The molecule has 0 saturated heterocycles. The summed E-state index contributed by atoms with van der Waals surface area (Å²) in [5, 5.41) is 2.94. The van der Waals surface area contributed by atoms with Crippen molar-refractivity contribution in [1.82, 2.24) is 9.97 Å². The number of hydrogen-bond donors (Lipinski definition) is 2. The fourth-order valence-corrected chi connectivity index (χ4v) is 1.39. The van der Waals surface area contributed by atoms with Crippen LogP contribution in [0.15, 0.2) is 6.33 Å². The van der Waals surface area contributed by atoms with Gasteiger partial charge in [0.05, 0.1) is 0 Å². The van der Waals surface area contributed by atoms with Gasteiger partial charge < -0.3 is 16.0 Å². The van der Waals surface area contributed by atoms with Crippen molar-refractivity contribution in [2.45, 2.75) is 19.8 Å². The Hall–Kier alpha value is -1.52. The predicted octanol–water partition coefficient (Wildman–Crippen LogP) is 1.34. The molecule has 1 rings (SSSR count). The summed E-state index contributed by atoms with van der Waals surface area (Å²) in [4.78, 5) is 10.3. The van der Waals surface area contributed by atoms with Gasteiger partial charge in [-0.15, -0.1) is 0 Å². The van der Waals surface area contributed by atoms with Crippen LogP contribution in [0.1, 0.15) is 19.8 Å². The van der Waals surface area contributed by atoms with Crippen molar-refractivity contribution in [2.24, 2.45) is 0 Å². The van der Waals surface area contributed by atoms with Crippen LogP contribution in [0.2, 0.25) is 0 Å². The zero-order valence-electron chi connectivity index (χ0n) is 9.62. The number of nitrogens with two attached hydrogens (primary N) is 1. The van der Waals surface area contributed by atoms with Crippen LogP contribution in [0.5, 0.6) is 0 Å². The average molecular weight is 209 g/mol. The number of hydrogen-bond acceptors (Lipinski definition) is 5. The summed E-state index contributed by atoms with van der Waals surface area (Å²) in [5.74, 6) is 1.48. The maximum Gasteiger partial charge on any atom is 0.157 e. The highest BCUT2D eigenvalue weighted by Gasteiger charge is 2.10. The summed E-state index contributed by atoms with van der Waals surface area (Å²) in [6.45, 7) is 3.12. The standard InChI is InChI=1S/C10H19N5/c1-4-5-6-15(3)10-8(11)9(12-2)13-7-14-10/h7H,4-6,11H2,1-3H3,(H,12,13,14). The van der Waals surface area contributed by atoms with Gasteiger partial charge in [-0.2, -0.15) is 0 Å². The normalized spacial score (nSPS) is 10.1. The van der Waals surface area contributed by atoms with E-state index in [-0.39, 0.29) is 0 Å². The summed E-state index contributed by atoms with van der Waals surface area (Å²) in [6, 6.07) is 0. The lowest BCUT2D eigenvalue weighted by Crippen LogP contribution is -2.21. The molecule has 0 fully saturated rings. The average Bonchev–Trinajstić information content (AvgIpc) is 2.26. The minimum absolute atomic E-state index is 0.610. The molecule has 0 saturated carbocycles. The molecule has 0 spiro atoms. The molecule has 0 atom stereocenters. The quantitative estimate of drug-likeness (QED) is 0.766. The monoisotopic (exact) mass is 209 g/mol. The van der Waals surface area contributed by atoms with Crippen LogP contribution < -0.4 is 16.0 Å². The van der Waals surface area contributed by atoms with Gasteiger partial charge in [0, 0.05) is 20.6 Å². The van der Waals surface area contributed by atoms with Gasteiger partial charge in [0.1, 0.15) is 12.0 Å². The first kappa shape index (κ1) is 11.6. The van der Waals surface area contributed by atoms with Crippen LogP contribution in [-0.4, -0.2) is 30.6 Å². The maximum absolute atomic E-state index is 5.94. The Kier molecular flexibility index (Phi) is 4.15. The van der Waals surface area contributed by atoms with Crippen molar-refractivity contribution >= 4 is 17.3 Å². The van der Waals surface area contributed by atoms with Gasteiger partial charge in [0.25, 0.3) is 0 Å². The highest BCUT2D eigenvalue weighted by atomic mass is 15.2. The minimum atomic E-state index is 0.610. The lowest BCUT2D eigenvalue weighted by molar-refractivity contribution is 0.759. The van der Waals surface area contributed by atoms with E-state index in [4.69, 9.17) is 5.73 Å². The van der Waals surface area contributed by atoms with Crippen molar-refractivity contribution in [3.8, 4) is 0 Å².